The highest BCUT2D eigenvalue weighted by Gasteiger charge is 2.87. The number of alkyl halides is 17. The summed E-state index contributed by atoms with van der Waals surface area (Å²) >= 11 is 0. The van der Waals surface area contributed by atoms with Crippen molar-refractivity contribution in [1.82, 2.24) is 9.80 Å². The molecule has 1 aliphatic heterocycles. The number of nitrogens with zero attached hydrogens (tertiary/aromatic N) is 2. The standard InChI is InChI=1S/C17H17F17N2O2/c1-35(2-3-36-4-6-38-7-5-36)9(37)12(22,23)15(28,29)13(24,25)10(18,19)8-11(20,21)14(26,27)16(30,31)17(32,33)34/h2-8H2,1H3. The average molecular weight is 604 g/mol. The predicted molar refractivity (Wildman–Crippen MR) is 90.2 cm³/mol. The lowest BCUT2D eigenvalue weighted by atomic mass is 9.90. The van der Waals surface area contributed by atoms with Gasteiger partial charge in [-0.25, -0.2) is 0 Å². The molecule has 1 aliphatic rings. The van der Waals surface area contributed by atoms with Crippen LogP contribution in [-0.2, 0) is 9.53 Å². The van der Waals surface area contributed by atoms with E-state index in [1.165, 1.54) is 4.90 Å². The van der Waals surface area contributed by atoms with Crippen molar-refractivity contribution in [3.63, 3.8) is 0 Å². The molecule has 226 valence electrons. The minimum atomic E-state index is -7.94. The molecule has 0 aliphatic carbocycles. The largest absolute Gasteiger partial charge is 0.460 e. The molecule has 1 amide bonds. The highest BCUT2D eigenvalue weighted by Crippen LogP contribution is 2.60. The van der Waals surface area contributed by atoms with Crippen molar-refractivity contribution in [2.75, 3.05) is 46.4 Å². The van der Waals surface area contributed by atoms with Crippen LogP contribution in [0.25, 0.3) is 0 Å². The van der Waals surface area contributed by atoms with Gasteiger partial charge in [0.05, 0.1) is 19.6 Å². The quantitative estimate of drug-likeness (QED) is 0.305. The van der Waals surface area contributed by atoms with Crippen molar-refractivity contribution >= 4 is 5.91 Å². The van der Waals surface area contributed by atoms with Gasteiger partial charge in [0.15, 0.2) is 0 Å². The molecule has 1 rings (SSSR count). The first-order valence-electron chi connectivity index (χ1n) is 9.89. The van der Waals surface area contributed by atoms with Crippen molar-refractivity contribution in [2.45, 2.75) is 54.1 Å². The number of hydrogen-bond acceptors (Lipinski definition) is 3. The zero-order valence-electron chi connectivity index (χ0n) is 18.6. The van der Waals surface area contributed by atoms with Gasteiger partial charge in [-0.1, -0.05) is 0 Å². The van der Waals surface area contributed by atoms with Crippen molar-refractivity contribution in [2.24, 2.45) is 0 Å². The van der Waals surface area contributed by atoms with Gasteiger partial charge in [0.2, 0.25) is 0 Å². The first kappa shape index (κ1) is 34.2. The van der Waals surface area contributed by atoms with Gasteiger partial charge in [-0.3, -0.25) is 9.69 Å². The van der Waals surface area contributed by atoms with E-state index in [2.05, 4.69) is 0 Å². The number of carbonyl (C=O) groups is 1. The van der Waals surface area contributed by atoms with E-state index in [0.29, 0.717) is 7.05 Å². The number of rotatable bonds is 11. The molecule has 4 nitrogen and oxygen atoms in total. The van der Waals surface area contributed by atoms with Crippen molar-refractivity contribution < 1.29 is 84.2 Å². The fourth-order valence-corrected chi connectivity index (χ4v) is 2.93. The number of amides is 1. The van der Waals surface area contributed by atoms with E-state index < -0.39 is 66.5 Å². The van der Waals surface area contributed by atoms with Crippen LogP contribution in [0.2, 0.25) is 0 Å². The molecule has 0 bridgehead atoms. The summed E-state index contributed by atoms with van der Waals surface area (Å²) in [5.74, 6) is -56.4. The summed E-state index contributed by atoms with van der Waals surface area (Å²) in [6.07, 6.45) is -12.5. The first-order chi connectivity index (χ1) is 16.6. The Morgan fingerprint density at radius 1 is 0.684 bits per heavy atom. The van der Waals surface area contributed by atoms with Gasteiger partial charge in [-0.2, -0.15) is 74.6 Å². The summed E-state index contributed by atoms with van der Waals surface area (Å²) in [6, 6.07) is 0. The van der Waals surface area contributed by atoms with Gasteiger partial charge in [0, 0.05) is 33.2 Å². The van der Waals surface area contributed by atoms with E-state index in [1.807, 2.05) is 0 Å². The van der Waals surface area contributed by atoms with Gasteiger partial charge >= 0.3 is 47.6 Å². The zero-order valence-corrected chi connectivity index (χ0v) is 18.6. The van der Waals surface area contributed by atoms with Gasteiger partial charge in [-0.15, -0.1) is 0 Å². The minimum absolute atomic E-state index is 0.117. The number of morpholine rings is 1. The van der Waals surface area contributed by atoms with Crippen molar-refractivity contribution in [3.8, 4) is 0 Å². The van der Waals surface area contributed by atoms with Crippen LogP contribution >= 0.6 is 0 Å². The van der Waals surface area contributed by atoms with Crippen LogP contribution in [0.5, 0.6) is 0 Å². The molecule has 1 heterocycles. The maximum absolute atomic E-state index is 14.1. The summed E-state index contributed by atoms with van der Waals surface area (Å²) in [7, 11) is 0.330. The maximum Gasteiger partial charge on any atom is 0.460 e. The van der Waals surface area contributed by atoms with E-state index in [-0.39, 0.29) is 37.7 Å². The Morgan fingerprint density at radius 2 is 1.08 bits per heavy atom. The van der Waals surface area contributed by atoms with Crippen LogP contribution in [0.15, 0.2) is 0 Å². The molecule has 0 aromatic heterocycles. The number of hydrogen-bond donors (Lipinski definition) is 0. The Morgan fingerprint density at radius 3 is 1.47 bits per heavy atom. The van der Waals surface area contributed by atoms with Gasteiger partial charge < -0.3 is 9.64 Å². The lowest BCUT2D eigenvalue weighted by Crippen LogP contribution is -2.68. The lowest BCUT2D eigenvalue weighted by molar-refractivity contribution is -0.412. The molecule has 0 spiro atoms. The van der Waals surface area contributed by atoms with Crippen LogP contribution < -0.4 is 0 Å². The zero-order chi connectivity index (χ0) is 30.4. The molecular formula is C17H17F17N2O2. The Bertz CT molecular complexity index is 837. The third-order valence-electron chi connectivity index (χ3n) is 5.37. The SMILES string of the molecule is CN(CCN1CCOCC1)C(=O)C(F)(F)C(F)(F)C(F)(F)C(F)(F)CC(F)(F)C(F)(F)C(F)(F)C(F)(F)F. The Labute approximate surface area is 201 Å². The molecule has 21 heteroatoms. The van der Waals surface area contributed by atoms with E-state index in [9.17, 15) is 79.4 Å². The fourth-order valence-electron chi connectivity index (χ4n) is 2.93. The number of halogens is 17. The molecule has 0 unspecified atom stereocenters. The van der Waals surface area contributed by atoms with E-state index in [4.69, 9.17) is 4.74 Å². The highest BCUT2D eigenvalue weighted by atomic mass is 19.4. The summed E-state index contributed by atoms with van der Waals surface area (Å²) in [6.45, 7) is -0.731. The summed E-state index contributed by atoms with van der Waals surface area (Å²) in [5.41, 5.74) is 0. The van der Waals surface area contributed by atoms with Crippen LogP contribution in [0.3, 0.4) is 0 Å². The van der Waals surface area contributed by atoms with Crippen LogP contribution in [-0.4, -0.2) is 110 Å². The second-order valence-corrected chi connectivity index (χ2v) is 8.14. The summed E-state index contributed by atoms with van der Waals surface area (Å²) < 4.78 is 231. The fraction of sp³-hybridized carbons (Fsp3) is 0.941. The Hall–Kier alpha value is -1.80. The molecule has 0 radical (unpaired) electrons. The topological polar surface area (TPSA) is 32.8 Å². The van der Waals surface area contributed by atoms with Crippen molar-refractivity contribution in [3.05, 3.63) is 0 Å². The predicted octanol–water partition coefficient (Wildman–Crippen LogP) is 5.18. The molecule has 0 saturated carbocycles. The van der Waals surface area contributed by atoms with Gasteiger partial charge in [0.1, 0.15) is 0 Å². The third kappa shape index (κ3) is 5.72. The van der Waals surface area contributed by atoms with E-state index in [0.717, 1.165) is 0 Å². The minimum Gasteiger partial charge on any atom is -0.379 e. The summed E-state index contributed by atoms with van der Waals surface area (Å²) in [4.78, 5) is 12.8. The number of likely N-dealkylation sites (N-methyl/N-ethyl adjacent to an activating group) is 1. The molecule has 0 atom stereocenters. The Balaban J connectivity index is 3.25. The summed E-state index contributed by atoms with van der Waals surface area (Å²) in [5, 5.41) is 0. The molecule has 38 heavy (non-hydrogen) atoms. The lowest BCUT2D eigenvalue weighted by Gasteiger charge is -2.40. The second kappa shape index (κ2) is 10.3. The molecule has 0 aromatic carbocycles. The molecule has 1 saturated heterocycles. The van der Waals surface area contributed by atoms with E-state index in [1.54, 1.807) is 0 Å². The molecule has 0 N–H and O–H groups in total. The molecular weight excluding hydrogens is 587 g/mol. The Kier molecular flexibility index (Phi) is 9.28. The van der Waals surface area contributed by atoms with Gasteiger partial charge in [-0.05, 0) is 0 Å². The van der Waals surface area contributed by atoms with Gasteiger partial charge in [0.25, 0.3) is 5.91 Å². The second-order valence-electron chi connectivity index (χ2n) is 8.14. The van der Waals surface area contributed by atoms with Crippen LogP contribution in [0, 0.1) is 0 Å². The first-order valence-corrected chi connectivity index (χ1v) is 9.89. The van der Waals surface area contributed by atoms with Crippen LogP contribution in [0.1, 0.15) is 6.42 Å². The molecule has 0 aromatic rings. The molecule has 1 fully saturated rings. The normalized spacial score (nSPS) is 18.1. The monoisotopic (exact) mass is 604 g/mol. The highest BCUT2D eigenvalue weighted by molar-refractivity contribution is 5.84. The smallest absolute Gasteiger partial charge is 0.379 e. The number of ether oxygens (including phenoxy) is 1. The third-order valence-corrected chi connectivity index (χ3v) is 5.37. The average Bonchev–Trinajstić information content (AvgIpc) is 2.75. The maximum atomic E-state index is 14.1. The van der Waals surface area contributed by atoms with E-state index >= 15 is 0 Å². The number of carbonyl (C=O) groups excluding carboxylic acids is 1. The van der Waals surface area contributed by atoms with Crippen LogP contribution in [0.4, 0.5) is 74.6 Å². The van der Waals surface area contributed by atoms with Crippen molar-refractivity contribution in [1.29, 1.82) is 0 Å².